The van der Waals surface area contributed by atoms with Crippen molar-refractivity contribution in [3.63, 3.8) is 0 Å². The molecule has 8 heteroatoms. The molecule has 1 fully saturated rings. The Hall–Kier alpha value is -3.94. The number of nitrogens with one attached hydrogen (secondary N) is 1. The van der Waals surface area contributed by atoms with Gasteiger partial charge in [0, 0.05) is 17.8 Å². The van der Waals surface area contributed by atoms with E-state index < -0.39 is 11.9 Å². The molecule has 1 aliphatic carbocycles. The molecule has 0 bridgehead atoms. The van der Waals surface area contributed by atoms with Crippen molar-refractivity contribution < 1.29 is 28.2 Å². The second-order valence-corrected chi connectivity index (χ2v) is 8.71. The fraction of sp³-hybridized carbons (Fsp3) is 0.333. The Morgan fingerprint density at radius 3 is 2.60 bits per heavy atom. The van der Waals surface area contributed by atoms with Gasteiger partial charge in [-0.1, -0.05) is 31.4 Å². The molecule has 1 N–H and O–H groups in total. The van der Waals surface area contributed by atoms with Crippen LogP contribution in [-0.4, -0.2) is 31.8 Å². The summed E-state index contributed by atoms with van der Waals surface area (Å²) < 4.78 is 21.9. The highest BCUT2D eigenvalue weighted by Crippen LogP contribution is 2.39. The zero-order valence-corrected chi connectivity index (χ0v) is 19.6. The molecule has 2 aliphatic rings. The van der Waals surface area contributed by atoms with E-state index in [-0.39, 0.29) is 24.5 Å². The third kappa shape index (κ3) is 4.82. The van der Waals surface area contributed by atoms with E-state index in [4.69, 9.17) is 18.6 Å². The minimum absolute atomic E-state index is 0.0710. The molecule has 8 nitrogen and oxygen atoms in total. The number of furan rings is 1. The first-order valence-corrected chi connectivity index (χ1v) is 11.8. The number of fused-ring (bicyclic) bond motifs is 1. The Morgan fingerprint density at radius 2 is 1.83 bits per heavy atom. The summed E-state index contributed by atoms with van der Waals surface area (Å²) in [6.45, 7) is 0.104. The molecule has 0 unspecified atom stereocenters. The molecule has 1 saturated carbocycles. The molecule has 2 heterocycles. The molecule has 1 atom stereocenters. The molecule has 5 rings (SSSR count). The van der Waals surface area contributed by atoms with Crippen molar-refractivity contribution in [2.45, 2.75) is 44.2 Å². The maximum absolute atomic E-state index is 13.9. The number of benzene rings is 2. The van der Waals surface area contributed by atoms with Gasteiger partial charge in [0.1, 0.15) is 11.8 Å². The number of ether oxygens (including phenoxy) is 3. The van der Waals surface area contributed by atoms with Gasteiger partial charge in [0.15, 0.2) is 17.3 Å². The number of methoxy groups -OCH3 is 1. The lowest BCUT2D eigenvalue weighted by molar-refractivity contribution is -0.123. The number of carbonyl (C=O) groups excluding carboxylic acids is 2. The highest BCUT2D eigenvalue weighted by atomic mass is 16.7. The van der Waals surface area contributed by atoms with Gasteiger partial charge in [-0.15, -0.1) is 0 Å². The summed E-state index contributed by atoms with van der Waals surface area (Å²) in [5, 5.41) is 3.20. The van der Waals surface area contributed by atoms with Gasteiger partial charge < -0.3 is 23.9 Å². The Morgan fingerprint density at radius 1 is 1.00 bits per heavy atom. The van der Waals surface area contributed by atoms with Crippen LogP contribution in [-0.2, 0) is 4.79 Å². The van der Waals surface area contributed by atoms with Crippen LogP contribution >= 0.6 is 0 Å². The minimum Gasteiger partial charge on any atom is -0.497 e. The zero-order chi connectivity index (χ0) is 24.2. The largest absolute Gasteiger partial charge is 0.497 e. The van der Waals surface area contributed by atoms with Crippen LogP contribution in [0.15, 0.2) is 65.3 Å². The first-order chi connectivity index (χ1) is 17.1. The van der Waals surface area contributed by atoms with Crippen LogP contribution in [0.2, 0.25) is 0 Å². The zero-order valence-electron chi connectivity index (χ0n) is 19.6. The first kappa shape index (κ1) is 22.8. The number of carbonyl (C=O) groups is 2. The second-order valence-electron chi connectivity index (χ2n) is 8.71. The fourth-order valence-electron chi connectivity index (χ4n) is 4.69. The fourth-order valence-corrected chi connectivity index (χ4v) is 4.69. The highest BCUT2D eigenvalue weighted by Gasteiger charge is 2.36. The minimum atomic E-state index is -0.968. The molecule has 3 aromatic rings. The summed E-state index contributed by atoms with van der Waals surface area (Å²) in [5.41, 5.74) is 1.11. The summed E-state index contributed by atoms with van der Waals surface area (Å²) >= 11 is 0. The number of nitrogens with zero attached hydrogens (tertiary/aromatic N) is 1. The maximum atomic E-state index is 13.9. The molecule has 35 heavy (non-hydrogen) atoms. The van der Waals surface area contributed by atoms with E-state index in [1.807, 2.05) is 12.1 Å². The number of hydrogen-bond acceptors (Lipinski definition) is 6. The molecule has 2 amide bonds. The van der Waals surface area contributed by atoms with Crippen molar-refractivity contribution in [1.29, 1.82) is 0 Å². The monoisotopic (exact) mass is 476 g/mol. The van der Waals surface area contributed by atoms with Crippen LogP contribution < -0.4 is 24.4 Å². The van der Waals surface area contributed by atoms with E-state index in [1.54, 1.807) is 49.6 Å². The van der Waals surface area contributed by atoms with E-state index in [0.29, 0.717) is 28.5 Å². The van der Waals surface area contributed by atoms with Crippen LogP contribution in [0, 0.1) is 0 Å². The van der Waals surface area contributed by atoms with Crippen LogP contribution in [0.3, 0.4) is 0 Å². The van der Waals surface area contributed by atoms with Crippen LogP contribution in [0.25, 0.3) is 0 Å². The van der Waals surface area contributed by atoms with Gasteiger partial charge >= 0.3 is 0 Å². The number of amides is 2. The lowest BCUT2D eigenvalue weighted by Crippen LogP contribution is -2.47. The van der Waals surface area contributed by atoms with Gasteiger partial charge in [0.2, 0.25) is 12.7 Å². The molecule has 1 aliphatic heterocycles. The van der Waals surface area contributed by atoms with Crippen molar-refractivity contribution in [2.75, 3.05) is 18.8 Å². The SMILES string of the molecule is COc1cccc([C@H](C(=O)NC2CCCCC2)N(C(=O)c2ccco2)c2ccc3c(c2)OCO3)c1. The average Bonchev–Trinajstić information content (AvgIpc) is 3.59. The molecular formula is C27H28N2O6. The van der Waals surface area contributed by atoms with Crippen LogP contribution in [0.5, 0.6) is 17.2 Å². The average molecular weight is 477 g/mol. The smallest absolute Gasteiger partial charge is 0.294 e. The predicted octanol–water partition coefficient (Wildman–Crippen LogP) is 4.85. The second kappa shape index (κ2) is 10.1. The standard InChI is InChI=1S/C27H28N2O6/c1-32-21-10-5-7-18(15-21)25(26(30)28-19-8-3-2-4-9-19)29(27(31)23-11-6-14-33-23)20-12-13-22-24(16-20)35-17-34-22/h5-7,10-16,19,25H,2-4,8-9,17H2,1H3,(H,28,30)/t25-/m1/s1. The Bertz CT molecular complexity index is 1190. The van der Waals surface area contributed by atoms with Gasteiger partial charge in [-0.25, -0.2) is 0 Å². The molecule has 182 valence electrons. The quantitative estimate of drug-likeness (QED) is 0.524. The molecule has 0 saturated heterocycles. The molecule has 1 aromatic heterocycles. The van der Waals surface area contributed by atoms with Crippen molar-refractivity contribution in [3.05, 3.63) is 72.2 Å². The molecule has 0 spiro atoms. The molecule has 2 aromatic carbocycles. The number of hydrogen-bond donors (Lipinski definition) is 1. The summed E-state index contributed by atoms with van der Waals surface area (Å²) in [7, 11) is 1.57. The normalized spacial score (nSPS) is 15.9. The van der Waals surface area contributed by atoms with E-state index in [0.717, 1.165) is 25.7 Å². The third-order valence-corrected chi connectivity index (χ3v) is 6.45. The van der Waals surface area contributed by atoms with Crippen molar-refractivity contribution >= 4 is 17.5 Å². The highest BCUT2D eigenvalue weighted by molar-refractivity contribution is 6.08. The van der Waals surface area contributed by atoms with Crippen LogP contribution in [0.1, 0.15) is 54.3 Å². The summed E-state index contributed by atoms with van der Waals surface area (Å²) in [5.74, 6) is 1.11. The summed E-state index contributed by atoms with van der Waals surface area (Å²) in [4.78, 5) is 29.2. The van der Waals surface area contributed by atoms with E-state index >= 15 is 0 Å². The van der Waals surface area contributed by atoms with Crippen LogP contribution in [0.4, 0.5) is 5.69 Å². The first-order valence-electron chi connectivity index (χ1n) is 11.8. The van der Waals surface area contributed by atoms with Crippen molar-refractivity contribution in [3.8, 4) is 17.2 Å². The van der Waals surface area contributed by atoms with E-state index in [2.05, 4.69) is 5.32 Å². The molecular weight excluding hydrogens is 448 g/mol. The van der Waals surface area contributed by atoms with E-state index in [1.165, 1.54) is 17.6 Å². The van der Waals surface area contributed by atoms with Gasteiger partial charge in [-0.2, -0.15) is 0 Å². The van der Waals surface area contributed by atoms with Gasteiger partial charge in [0.05, 0.1) is 13.4 Å². The van der Waals surface area contributed by atoms with Gasteiger partial charge in [0.25, 0.3) is 5.91 Å². The van der Waals surface area contributed by atoms with Crippen molar-refractivity contribution in [1.82, 2.24) is 5.32 Å². The van der Waals surface area contributed by atoms with Gasteiger partial charge in [-0.3, -0.25) is 14.5 Å². The Kier molecular flexibility index (Phi) is 6.61. The summed E-state index contributed by atoms with van der Waals surface area (Å²) in [6.07, 6.45) is 6.61. The lowest BCUT2D eigenvalue weighted by Gasteiger charge is -2.33. The predicted molar refractivity (Wildman–Crippen MR) is 129 cm³/mol. The third-order valence-electron chi connectivity index (χ3n) is 6.45. The lowest BCUT2D eigenvalue weighted by atomic mass is 9.94. The number of rotatable bonds is 7. The van der Waals surface area contributed by atoms with Gasteiger partial charge in [-0.05, 0) is 54.8 Å². The Labute approximate surface area is 203 Å². The topological polar surface area (TPSA) is 90.2 Å². The van der Waals surface area contributed by atoms with E-state index in [9.17, 15) is 9.59 Å². The van der Waals surface area contributed by atoms with Crippen molar-refractivity contribution in [2.24, 2.45) is 0 Å². The number of anilines is 1. The Balaban J connectivity index is 1.60. The molecule has 0 radical (unpaired) electrons. The maximum Gasteiger partial charge on any atom is 0.294 e. The summed E-state index contributed by atoms with van der Waals surface area (Å²) in [6, 6.07) is 14.7.